The molecule has 0 saturated carbocycles. The fourth-order valence-electron chi connectivity index (χ4n) is 1.25. The summed E-state index contributed by atoms with van der Waals surface area (Å²) in [5, 5.41) is 14.7. The van der Waals surface area contributed by atoms with Gasteiger partial charge in [-0.25, -0.2) is 0 Å². The monoisotopic (exact) mass is 356 g/mol. The summed E-state index contributed by atoms with van der Waals surface area (Å²) in [6, 6.07) is 6.99. The molecule has 1 aromatic heterocycles. The minimum absolute atomic E-state index is 0.198. The van der Waals surface area contributed by atoms with Crippen LogP contribution in [0, 0.1) is 6.92 Å². The molecule has 19 heavy (non-hydrogen) atoms. The maximum atomic E-state index is 11.9. The number of aromatic nitrogens is 2. The van der Waals surface area contributed by atoms with Crippen molar-refractivity contribution in [3.05, 3.63) is 39.3 Å². The SMILES string of the molecule is Cc1nnc(NC(=S)NC(=O)c2ccc(Br)cc2)s1. The lowest BCUT2D eigenvalue weighted by molar-refractivity contribution is 0.0977. The Morgan fingerprint density at radius 1 is 1.32 bits per heavy atom. The lowest BCUT2D eigenvalue weighted by Crippen LogP contribution is -2.34. The Labute approximate surface area is 127 Å². The summed E-state index contributed by atoms with van der Waals surface area (Å²) in [6.45, 7) is 1.84. The third-order valence-electron chi connectivity index (χ3n) is 2.08. The van der Waals surface area contributed by atoms with Crippen molar-refractivity contribution in [1.29, 1.82) is 0 Å². The van der Waals surface area contributed by atoms with Gasteiger partial charge in [0.1, 0.15) is 5.01 Å². The fourth-order valence-corrected chi connectivity index (χ4v) is 2.37. The number of nitrogens with zero attached hydrogens (tertiary/aromatic N) is 2. The summed E-state index contributed by atoms with van der Waals surface area (Å²) >= 11 is 9.70. The highest BCUT2D eigenvalue weighted by atomic mass is 79.9. The largest absolute Gasteiger partial charge is 0.307 e. The van der Waals surface area contributed by atoms with Crippen molar-refractivity contribution in [2.75, 3.05) is 5.32 Å². The van der Waals surface area contributed by atoms with Crippen molar-refractivity contribution >= 4 is 55.6 Å². The Morgan fingerprint density at radius 3 is 2.58 bits per heavy atom. The topological polar surface area (TPSA) is 66.9 Å². The van der Waals surface area contributed by atoms with Crippen LogP contribution in [0.1, 0.15) is 15.4 Å². The fraction of sp³-hybridized carbons (Fsp3) is 0.0909. The van der Waals surface area contributed by atoms with Gasteiger partial charge >= 0.3 is 0 Å². The molecule has 0 spiro atoms. The van der Waals surface area contributed by atoms with Crippen LogP contribution in [-0.2, 0) is 0 Å². The quantitative estimate of drug-likeness (QED) is 0.809. The molecule has 1 amide bonds. The molecule has 0 aliphatic rings. The van der Waals surface area contributed by atoms with E-state index in [0.717, 1.165) is 9.48 Å². The molecule has 1 aromatic carbocycles. The van der Waals surface area contributed by atoms with E-state index >= 15 is 0 Å². The number of hydrogen-bond acceptors (Lipinski definition) is 5. The van der Waals surface area contributed by atoms with Gasteiger partial charge in [-0.3, -0.25) is 10.1 Å². The molecule has 98 valence electrons. The van der Waals surface area contributed by atoms with Gasteiger partial charge in [0.15, 0.2) is 5.11 Å². The van der Waals surface area contributed by atoms with Crippen LogP contribution in [0.15, 0.2) is 28.7 Å². The second-order valence-corrected chi connectivity index (χ2v) is 6.05. The number of halogens is 1. The van der Waals surface area contributed by atoms with Crippen molar-refractivity contribution in [3.63, 3.8) is 0 Å². The summed E-state index contributed by atoms with van der Waals surface area (Å²) < 4.78 is 0.911. The predicted molar refractivity (Wildman–Crippen MR) is 82.5 cm³/mol. The number of thiocarbonyl (C=S) groups is 1. The summed E-state index contributed by atoms with van der Waals surface area (Å²) in [5.41, 5.74) is 0.529. The van der Waals surface area contributed by atoms with Crippen molar-refractivity contribution in [2.24, 2.45) is 0 Å². The second kappa shape index (κ2) is 6.18. The van der Waals surface area contributed by atoms with Gasteiger partial charge in [0.2, 0.25) is 5.13 Å². The van der Waals surface area contributed by atoms with Crippen LogP contribution in [0.3, 0.4) is 0 Å². The predicted octanol–water partition coefficient (Wildman–Crippen LogP) is 2.74. The van der Waals surface area contributed by atoms with Crippen molar-refractivity contribution in [3.8, 4) is 0 Å². The Balaban J connectivity index is 1.95. The molecule has 8 heteroatoms. The molecule has 2 aromatic rings. The third kappa shape index (κ3) is 4.05. The molecule has 0 unspecified atom stereocenters. The van der Waals surface area contributed by atoms with Crippen LogP contribution in [0.25, 0.3) is 0 Å². The average Bonchev–Trinajstić information content (AvgIpc) is 2.75. The molecular formula is C11H9BrN4OS2. The molecule has 0 aliphatic carbocycles. The molecule has 0 saturated heterocycles. The van der Waals surface area contributed by atoms with Crippen LogP contribution in [0.5, 0.6) is 0 Å². The number of carbonyl (C=O) groups excluding carboxylic acids is 1. The average molecular weight is 357 g/mol. The zero-order chi connectivity index (χ0) is 13.8. The molecule has 0 radical (unpaired) electrons. The van der Waals surface area contributed by atoms with Crippen LogP contribution in [0.2, 0.25) is 0 Å². The van der Waals surface area contributed by atoms with Gasteiger partial charge in [-0.15, -0.1) is 10.2 Å². The molecule has 1 heterocycles. The molecule has 0 bridgehead atoms. The van der Waals surface area contributed by atoms with Crippen LogP contribution in [0.4, 0.5) is 5.13 Å². The van der Waals surface area contributed by atoms with E-state index in [2.05, 4.69) is 36.8 Å². The van der Waals surface area contributed by atoms with E-state index < -0.39 is 0 Å². The standard InChI is InChI=1S/C11H9BrN4OS2/c1-6-15-16-11(19-6)14-10(18)13-9(17)7-2-4-8(12)5-3-7/h2-5H,1H3,(H2,13,14,16,17,18). The minimum Gasteiger partial charge on any atom is -0.307 e. The zero-order valence-corrected chi connectivity index (χ0v) is 13.0. The first-order valence-electron chi connectivity index (χ1n) is 5.22. The van der Waals surface area contributed by atoms with E-state index in [1.807, 2.05) is 6.92 Å². The highest BCUT2D eigenvalue weighted by Gasteiger charge is 2.09. The number of hydrogen-bond donors (Lipinski definition) is 2. The Hall–Kier alpha value is -1.38. The van der Waals surface area contributed by atoms with Gasteiger partial charge in [-0.05, 0) is 43.4 Å². The lowest BCUT2D eigenvalue weighted by Gasteiger charge is -2.06. The number of aryl methyl sites for hydroxylation is 1. The molecule has 2 rings (SSSR count). The molecule has 0 fully saturated rings. The first-order valence-corrected chi connectivity index (χ1v) is 7.24. The van der Waals surface area contributed by atoms with Gasteiger partial charge in [0.05, 0.1) is 0 Å². The Kier molecular flexibility index (Phi) is 4.56. The van der Waals surface area contributed by atoms with Gasteiger partial charge in [0.25, 0.3) is 5.91 Å². The smallest absolute Gasteiger partial charge is 0.257 e. The number of anilines is 1. The number of benzene rings is 1. The van der Waals surface area contributed by atoms with Gasteiger partial charge < -0.3 is 5.32 Å². The van der Waals surface area contributed by atoms with Gasteiger partial charge in [-0.2, -0.15) is 0 Å². The Bertz CT molecular complexity index is 611. The van der Waals surface area contributed by atoms with E-state index in [4.69, 9.17) is 12.2 Å². The van der Waals surface area contributed by atoms with Crippen molar-refractivity contribution in [2.45, 2.75) is 6.92 Å². The molecular weight excluding hydrogens is 348 g/mol. The highest BCUT2D eigenvalue weighted by molar-refractivity contribution is 9.10. The van der Waals surface area contributed by atoms with Crippen LogP contribution < -0.4 is 10.6 Å². The summed E-state index contributed by atoms with van der Waals surface area (Å²) in [7, 11) is 0. The lowest BCUT2D eigenvalue weighted by atomic mass is 10.2. The maximum absolute atomic E-state index is 11.9. The molecule has 0 atom stereocenters. The van der Waals surface area contributed by atoms with Crippen molar-refractivity contribution < 1.29 is 4.79 Å². The third-order valence-corrected chi connectivity index (χ3v) is 3.57. The number of amides is 1. The maximum Gasteiger partial charge on any atom is 0.257 e. The van der Waals surface area contributed by atoms with Crippen LogP contribution >= 0.6 is 39.5 Å². The van der Waals surface area contributed by atoms with E-state index in [1.54, 1.807) is 24.3 Å². The zero-order valence-electron chi connectivity index (χ0n) is 9.81. The molecule has 0 aliphatic heterocycles. The number of rotatable bonds is 2. The van der Waals surface area contributed by atoms with Gasteiger partial charge in [-0.1, -0.05) is 27.3 Å². The second-order valence-electron chi connectivity index (χ2n) is 3.54. The van der Waals surface area contributed by atoms with E-state index in [9.17, 15) is 4.79 Å². The first kappa shape index (κ1) is 14.0. The normalized spacial score (nSPS) is 10.0. The molecule has 5 nitrogen and oxygen atoms in total. The van der Waals surface area contributed by atoms with E-state index in [1.165, 1.54) is 11.3 Å². The summed E-state index contributed by atoms with van der Waals surface area (Å²) in [4.78, 5) is 11.9. The van der Waals surface area contributed by atoms with E-state index in [0.29, 0.717) is 10.7 Å². The number of carbonyl (C=O) groups is 1. The first-order chi connectivity index (χ1) is 9.04. The number of nitrogens with one attached hydrogen (secondary N) is 2. The Morgan fingerprint density at radius 2 is 2.00 bits per heavy atom. The van der Waals surface area contributed by atoms with Crippen molar-refractivity contribution in [1.82, 2.24) is 15.5 Å². The molecule has 2 N–H and O–H groups in total. The van der Waals surface area contributed by atoms with Crippen LogP contribution in [-0.4, -0.2) is 21.2 Å². The summed E-state index contributed by atoms with van der Waals surface area (Å²) in [6.07, 6.45) is 0. The highest BCUT2D eigenvalue weighted by Crippen LogP contribution is 2.13. The summed E-state index contributed by atoms with van der Waals surface area (Å²) in [5.74, 6) is -0.272. The van der Waals surface area contributed by atoms with E-state index in [-0.39, 0.29) is 11.0 Å². The van der Waals surface area contributed by atoms with Gasteiger partial charge in [0, 0.05) is 10.0 Å². The minimum atomic E-state index is -0.272.